The average molecular weight is 546 g/mol. The van der Waals surface area contributed by atoms with Crippen LogP contribution in [-0.4, -0.2) is 24.4 Å². The molecule has 0 N–H and O–H groups in total. The van der Waals surface area contributed by atoms with Crippen molar-refractivity contribution in [1.29, 1.82) is 0 Å². The summed E-state index contributed by atoms with van der Waals surface area (Å²) in [7, 11) is 0. The lowest BCUT2D eigenvalue weighted by Crippen LogP contribution is -2.15. The van der Waals surface area contributed by atoms with Crippen molar-refractivity contribution in [2.75, 3.05) is 13.2 Å². The lowest BCUT2D eigenvalue weighted by Gasteiger charge is -2.20. The summed E-state index contributed by atoms with van der Waals surface area (Å²) in [5.41, 5.74) is 4.83. The van der Waals surface area contributed by atoms with E-state index in [9.17, 15) is 14.9 Å². The van der Waals surface area contributed by atoms with Gasteiger partial charge in [-0.05, 0) is 52.9 Å². The number of rotatable bonds is 9. The molecule has 0 saturated carbocycles. The van der Waals surface area contributed by atoms with Crippen molar-refractivity contribution in [1.82, 2.24) is 0 Å². The van der Waals surface area contributed by atoms with E-state index in [1.54, 1.807) is 18.2 Å². The third kappa shape index (κ3) is 5.81. The number of halogens is 1. The van der Waals surface area contributed by atoms with Gasteiger partial charge in [-0.15, -0.1) is 0 Å². The maximum absolute atomic E-state index is 11.6. The second kappa shape index (κ2) is 11.4. The zero-order chi connectivity index (χ0) is 27.4. The Morgan fingerprint density at radius 3 is 2.49 bits per heavy atom. The van der Waals surface area contributed by atoms with Gasteiger partial charge in [0.05, 0.1) is 15.5 Å². The van der Waals surface area contributed by atoms with Gasteiger partial charge >= 0.3 is 0 Å². The number of nitrogens with zero attached hydrogens (tertiary/aromatic N) is 1. The van der Waals surface area contributed by atoms with Crippen LogP contribution in [0.25, 0.3) is 11.1 Å². The van der Waals surface area contributed by atoms with Crippen LogP contribution in [0.2, 0.25) is 5.02 Å². The van der Waals surface area contributed by atoms with Crippen LogP contribution < -0.4 is 18.9 Å². The minimum absolute atomic E-state index is 0.0281. The Labute approximate surface area is 229 Å². The van der Waals surface area contributed by atoms with Crippen LogP contribution >= 0.6 is 11.6 Å². The molecule has 9 heteroatoms. The molecule has 0 aliphatic carbocycles. The van der Waals surface area contributed by atoms with Crippen LogP contribution in [-0.2, 0) is 13.2 Å². The number of ether oxygens (including phenoxy) is 4. The number of nitro groups is 1. The number of carbonyl (C=O) groups excluding carboxylic acids is 1. The Kier molecular flexibility index (Phi) is 7.65. The standard InChI is InChI=1S/C30H24ClNO7/c1-19-22(5-3-7-25(19)21-8-9-27-30(14-21)37-11-10-36-27)18-39-29-15-28(23(16-33)13-26(29)31)38-17-20-4-2-6-24(12-20)32(34)35/h2-9,12-16H,10-11,17-18H2,1H3. The Hall–Kier alpha value is -4.56. The third-order valence-electron chi connectivity index (χ3n) is 6.39. The monoisotopic (exact) mass is 545 g/mol. The highest BCUT2D eigenvalue weighted by Crippen LogP contribution is 2.37. The molecular formula is C30H24ClNO7. The minimum Gasteiger partial charge on any atom is -0.488 e. The molecular weight excluding hydrogens is 522 g/mol. The van der Waals surface area contributed by atoms with Gasteiger partial charge < -0.3 is 18.9 Å². The predicted molar refractivity (Wildman–Crippen MR) is 146 cm³/mol. The van der Waals surface area contributed by atoms with Crippen molar-refractivity contribution < 1.29 is 28.7 Å². The highest BCUT2D eigenvalue weighted by molar-refractivity contribution is 6.32. The molecule has 39 heavy (non-hydrogen) atoms. The van der Waals surface area contributed by atoms with Gasteiger partial charge in [0.2, 0.25) is 0 Å². The highest BCUT2D eigenvalue weighted by atomic mass is 35.5. The van der Waals surface area contributed by atoms with Crippen LogP contribution in [0.4, 0.5) is 5.69 Å². The Balaban J connectivity index is 1.34. The maximum Gasteiger partial charge on any atom is 0.269 e. The number of hydrogen-bond donors (Lipinski definition) is 0. The summed E-state index contributed by atoms with van der Waals surface area (Å²) in [6.45, 7) is 3.34. The van der Waals surface area contributed by atoms with Crippen LogP contribution in [0, 0.1) is 17.0 Å². The molecule has 0 fully saturated rings. The van der Waals surface area contributed by atoms with E-state index < -0.39 is 4.92 Å². The smallest absolute Gasteiger partial charge is 0.269 e. The third-order valence-corrected chi connectivity index (χ3v) is 6.68. The Morgan fingerprint density at radius 2 is 1.69 bits per heavy atom. The molecule has 0 saturated heterocycles. The van der Waals surface area contributed by atoms with Gasteiger partial charge in [-0.2, -0.15) is 0 Å². The molecule has 1 aliphatic rings. The van der Waals surface area contributed by atoms with Crippen molar-refractivity contribution in [2.24, 2.45) is 0 Å². The summed E-state index contributed by atoms with van der Waals surface area (Å²) >= 11 is 6.41. The van der Waals surface area contributed by atoms with Gasteiger partial charge in [-0.1, -0.05) is 48.0 Å². The van der Waals surface area contributed by atoms with Crippen molar-refractivity contribution >= 4 is 23.6 Å². The second-order valence-corrected chi connectivity index (χ2v) is 9.30. The molecule has 4 aromatic rings. The number of nitro benzene ring substituents is 1. The zero-order valence-corrected chi connectivity index (χ0v) is 21.8. The molecule has 1 heterocycles. The number of carbonyl (C=O) groups is 1. The highest BCUT2D eigenvalue weighted by Gasteiger charge is 2.16. The molecule has 0 amide bonds. The summed E-state index contributed by atoms with van der Waals surface area (Å²) in [6.07, 6.45) is 0.638. The molecule has 198 valence electrons. The van der Waals surface area contributed by atoms with E-state index in [2.05, 4.69) is 0 Å². The topological polar surface area (TPSA) is 97.1 Å². The molecule has 0 aromatic heterocycles. The van der Waals surface area contributed by atoms with Gasteiger partial charge in [0.1, 0.15) is 37.9 Å². The number of fused-ring (bicyclic) bond motifs is 1. The van der Waals surface area contributed by atoms with E-state index in [0.29, 0.717) is 30.8 Å². The van der Waals surface area contributed by atoms with E-state index >= 15 is 0 Å². The van der Waals surface area contributed by atoms with Crippen molar-refractivity contribution in [2.45, 2.75) is 20.1 Å². The van der Waals surface area contributed by atoms with E-state index in [4.69, 9.17) is 30.5 Å². The zero-order valence-electron chi connectivity index (χ0n) is 21.0. The minimum atomic E-state index is -0.473. The quantitative estimate of drug-likeness (QED) is 0.127. The number of aldehydes is 1. The lowest BCUT2D eigenvalue weighted by atomic mass is 9.96. The first-order valence-corrected chi connectivity index (χ1v) is 12.6. The summed E-state index contributed by atoms with van der Waals surface area (Å²) in [4.78, 5) is 22.2. The van der Waals surface area contributed by atoms with E-state index in [1.807, 2.05) is 43.3 Å². The molecule has 8 nitrogen and oxygen atoms in total. The molecule has 0 bridgehead atoms. The van der Waals surface area contributed by atoms with Crippen molar-refractivity contribution in [3.05, 3.63) is 110 Å². The fourth-order valence-electron chi connectivity index (χ4n) is 4.32. The Morgan fingerprint density at radius 1 is 0.923 bits per heavy atom. The summed E-state index contributed by atoms with van der Waals surface area (Å²) in [6, 6.07) is 21.0. The fourth-order valence-corrected chi connectivity index (χ4v) is 4.54. The first-order chi connectivity index (χ1) is 18.9. The number of non-ortho nitro benzene ring substituents is 1. The fraction of sp³-hybridized carbons (Fsp3) is 0.167. The summed E-state index contributed by atoms with van der Waals surface area (Å²) in [5, 5.41) is 11.3. The molecule has 0 atom stereocenters. The lowest BCUT2D eigenvalue weighted by molar-refractivity contribution is -0.384. The van der Waals surface area contributed by atoms with Gasteiger partial charge in [-0.3, -0.25) is 14.9 Å². The Bertz CT molecular complexity index is 1550. The number of benzene rings is 4. The first kappa shape index (κ1) is 26.1. The van der Waals surface area contributed by atoms with Gasteiger partial charge in [0.25, 0.3) is 5.69 Å². The molecule has 0 unspecified atom stereocenters. The van der Waals surface area contributed by atoms with Crippen LogP contribution in [0.5, 0.6) is 23.0 Å². The van der Waals surface area contributed by atoms with E-state index in [1.165, 1.54) is 18.2 Å². The number of hydrogen-bond acceptors (Lipinski definition) is 7. The molecule has 5 rings (SSSR count). The van der Waals surface area contributed by atoms with E-state index in [0.717, 1.165) is 33.8 Å². The summed E-state index contributed by atoms with van der Waals surface area (Å²) in [5.74, 6) is 2.07. The van der Waals surface area contributed by atoms with Gasteiger partial charge in [-0.25, -0.2) is 0 Å². The second-order valence-electron chi connectivity index (χ2n) is 8.89. The molecule has 1 aliphatic heterocycles. The molecule has 0 spiro atoms. The van der Waals surface area contributed by atoms with E-state index in [-0.39, 0.29) is 35.2 Å². The first-order valence-electron chi connectivity index (χ1n) is 12.2. The normalized spacial score (nSPS) is 12.1. The van der Waals surface area contributed by atoms with Crippen molar-refractivity contribution in [3.8, 4) is 34.1 Å². The van der Waals surface area contributed by atoms with Crippen molar-refractivity contribution in [3.63, 3.8) is 0 Å². The predicted octanol–water partition coefficient (Wildman–Crippen LogP) is 6.97. The maximum atomic E-state index is 11.6. The average Bonchev–Trinajstić information content (AvgIpc) is 2.96. The van der Waals surface area contributed by atoms with Crippen LogP contribution in [0.15, 0.2) is 72.8 Å². The molecule has 4 aromatic carbocycles. The van der Waals surface area contributed by atoms with Gasteiger partial charge in [0, 0.05) is 18.2 Å². The van der Waals surface area contributed by atoms with Gasteiger partial charge in [0.15, 0.2) is 17.8 Å². The van der Waals surface area contributed by atoms with Crippen LogP contribution in [0.3, 0.4) is 0 Å². The largest absolute Gasteiger partial charge is 0.488 e. The SMILES string of the molecule is Cc1c(COc2cc(OCc3cccc([N+](=O)[O-])c3)c(C=O)cc2Cl)cccc1-c1ccc2c(c1)OCCO2. The van der Waals surface area contributed by atoms with Crippen LogP contribution in [0.1, 0.15) is 27.0 Å². The summed E-state index contributed by atoms with van der Waals surface area (Å²) < 4.78 is 23.3. The molecule has 0 radical (unpaired) electrons.